The van der Waals surface area contributed by atoms with Crippen LogP contribution in [-0.4, -0.2) is 47.2 Å². The molecule has 26 heavy (non-hydrogen) atoms. The van der Waals surface area contributed by atoms with E-state index in [0.717, 1.165) is 12.0 Å². The van der Waals surface area contributed by atoms with Crippen molar-refractivity contribution < 1.29 is 9.90 Å². The maximum Gasteiger partial charge on any atom is 0.253 e. The van der Waals surface area contributed by atoms with Gasteiger partial charge in [-0.05, 0) is 43.9 Å². The van der Waals surface area contributed by atoms with Crippen LogP contribution >= 0.6 is 0 Å². The highest BCUT2D eigenvalue weighted by Gasteiger charge is 2.33. The first-order valence-corrected chi connectivity index (χ1v) is 9.08. The van der Waals surface area contributed by atoms with Crippen LogP contribution in [0.1, 0.15) is 57.0 Å². The van der Waals surface area contributed by atoms with Gasteiger partial charge in [0.25, 0.3) is 5.91 Å². The fraction of sp³-hybridized carbons (Fsp3) is 0.571. The minimum absolute atomic E-state index is 0.0297. The molecule has 142 valence electrons. The molecule has 1 fully saturated rings. The molecule has 2 atom stereocenters. The summed E-state index contributed by atoms with van der Waals surface area (Å²) in [5.41, 5.74) is 7.10. The number of aliphatic hydroxyl groups is 1. The number of nitrogens with one attached hydrogen (secondary N) is 2. The smallest absolute Gasteiger partial charge is 0.253 e. The van der Waals surface area contributed by atoms with Crippen molar-refractivity contribution in [3.63, 3.8) is 0 Å². The SMILES string of the molecule is CN(CC1CC(C(C)(C)C)NN1)C(=O)c1cccc(C#CC(C)(C)O)c1. The van der Waals surface area contributed by atoms with Gasteiger partial charge in [0.2, 0.25) is 0 Å². The molecule has 5 nitrogen and oxygen atoms in total. The normalized spacial score (nSPS) is 20.4. The Morgan fingerprint density at radius 2 is 1.96 bits per heavy atom. The summed E-state index contributed by atoms with van der Waals surface area (Å²) in [6.07, 6.45) is 0.984. The third-order valence-corrected chi connectivity index (χ3v) is 4.49. The Kier molecular flexibility index (Phi) is 6.13. The molecule has 1 saturated heterocycles. The van der Waals surface area contributed by atoms with E-state index in [1.165, 1.54) is 0 Å². The Bertz CT molecular complexity index is 704. The highest BCUT2D eigenvalue weighted by atomic mass is 16.3. The minimum atomic E-state index is -1.05. The van der Waals surface area contributed by atoms with E-state index < -0.39 is 5.60 Å². The van der Waals surface area contributed by atoms with Crippen molar-refractivity contribution in [2.75, 3.05) is 13.6 Å². The first-order chi connectivity index (χ1) is 12.0. The van der Waals surface area contributed by atoms with Crippen LogP contribution in [0.25, 0.3) is 0 Å². The van der Waals surface area contributed by atoms with Gasteiger partial charge in [-0.3, -0.25) is 15.6 Å². The van der Waals surface area contributed by atoms with Gasteiger partial charge < -0.3 is 10.0 Å². The quantitative estimate of drug-likeness (QED) is 0.726. The van der Waals surface area contributed by atoms with Gasteiger partial charge in [-0.1, -0.05) is 38.7 Å². The summed E-state index contributed by atoms with van der Waals surface area (Å²) in [6.45, 7) is 10.5. The van der Waals surface area contributed by atoms with E-state index in [2.05, 4.69) is 43.5 Å². The van der Waals surface area contributed by atoms with E-state index in [-0.39, 0.29) is 17.4 Å². The third kappa shape index (κ3) is 5.84. The highest BCUT2D eigenvalue weighted by molar-refractivity contribution is 5.94. The zero-order valence-electron chi connectivity index (χ0n) is 16.7. The highest BCUT2D eigenvalue weighted by Crippen LogP contribution is 2.25. The van der Waals surface area contributed by atoms with Crippen molar-refractivity contribution in [1.29, 1.82) is 0 Å². The lowest BCUT2D eigenvalue weighted by atomic mass is 9.84. The number of nitrogens with zero attached hydrogens (tertiary/aromatic N) is 1. The number of carbonyl (C=O) groups excluding carboxylic acids is 1. The molecule has 1 aliphatic rings. The lowest BCUT2D eigenvalue weighted by Crippen LogP contribution is -2.42. The number of amides is 1. The Morgan fingerprint density at radius 3 is 2.54 bits per heavy atom. The predicted octanol–water partition coefficient (Wildman–Crippen LogP) is 2.16. The van der Waals surface area contributed by atoms with E-state index in [4.69, 9.17) is 0 Å². The summed E-state index contributed by atoms with van der Waals surface area (Å²) in [6, 6.07) is 7.84. The Labute approximate surface area is 157 Å². The summed E-state index contributed by atoms with van der Waals surface area (Å²) in [5, 5.41) is 9.72. The first-order valence-electron chi connectivity index (χ1n) is 9.08. The summed E-state index contributed by atoms with van der Waals surface area (Å²) in [5.74, 6) is 5.67. The van der Waals surface area contributed by atoms with Crippen LogP contribution in [0.5, 0.6) is 0 Å². The zero-order chi connectivity index (χ0) is 19.5. The minimum Gasteiger partial charge on any atom is -0.378 e. The van der Waals surface area contributed by atoms with E-state index >= 15 is 0 Å². The van der Waals surface area contributed by atoms with Gasteiger partial charge in [0.1, 0.15) is 5.60 Å². The van der Waals surface area contributed by atoms with Gasteiger partial charge in [0.05, 0.1) is 0 Å². The van der Waals surface area contributed by atoms with Gasteiger partial charge in [0, 0.05) is 36.8 Å². The molecule has 1 heterocycles. The Balaban J connectivity index is 2.01. The fourth-order valence-electron chi connectivity index (χ4n) is 2.90. The summed E-state index contributed by atoms with van der Waals surface area (Å²) in [7, 11) is 1.82. The van der Waals surface area contributed by atoms with Gasteiger partial charge >= 0.3 is 0 Å². The van der Waals surface area contributed by atoms with Crippen LogP contribution in [0, 0.1) is 17.3 Å². The largest absolute Gasteiger partial charge is 0.378 e. The van der Waals surface area contributed by atoms with Gasteiger partial charge in [-0.25, -0.2) is 0 Å². The second-order valence-electron chi connectivity index (χ2n) is 8.72. The molecule has 0 aromatic heterocycles. The van der Waals surface area contributed by atoms with Crippen molar-refractivity contribution >= 4 is 5.91 Å². The summed E-state index contributed by atoms with van der Waals surface area (Å²) < 4.78 is 0. The molecule has 0 spiro atoms. The average Bonchev–Trinajstić information content (AvgIpc) is 3.00. The maximum absolute atomic E-state index is 12.7. The number of carbonyl (C=O) groups is 1. The molecule has 5 heteroatoms. The van der Waals surface area contributed by atoms with Crippen LogP contribution in [0.3, 0.4) is 0 Å². The second kappa shape index (κ2) is 7.79. The van der Waals surface area contributed by atoms with Crippen LogP contribution < -0.4 is 10.9 Å². The lowest BCUT2D eigenvalue weighted by molar-refractivity contribution is 0.0782. The zero-order valence-corrected chi connectivity index (χ0v) is 16.7. The maximum atomic E-state index is 12.7. The number of hydrogen-bond donors (Lipinski definition) is 3. The number of hydrogen-bond acceptors (Lipinski definition) is 4. The summed E-state index contributed by atoms with van der Waals surface area (Å²) >= 11 is 0. The van der Waals surface area contributed by atoms with Crippen molar-refractivity contribution in [2.24, 2.45) is 5.41 Å². The molecule has 1 aromatic carbocycles. The summed E-state index contributed by atoms with van der Waals surface area (Å²) in [4.78, 5) is 14.5. The molecular formula is C21H31N3O2. The number of rotatable bonds is 3. The van der Waals surface area contributed by atoms with Crippen LogP contribution in [-0.2, 0) is 0 Å². The van der Waals surface area contributed by atoms with Crippen molar-refractivity contribution in [3.8, 4) is 11.8 Å². The van der Waals surface area contributed by atoms with Crippen LogP contribution in [0.4, 0.5) is 0 Å². The van der Waals surface area contributed by atoms with E-state index in [1.54, 1.807) is 30.9 Å². The average molecular weight is 357 g/mol. The second-order valence-corrected chi connectivity index (χ2v) is 8.72. The third-order valence-electron chi connectivity index (χ3n) is 4.49. The van der Waals surface area contributed by atoms with Crippen molar-refractivity contribution in [1.82, 2.24) is 15.8 Å². The molecule has 0 radical (unpaired) electrons. The van der Waals surface area contributed by atoms with Gasteiger partial charge in [-0.2, -0.15) is 0 Å². The predicted molar refractivity (Wildman–Crippen MR) is 104 cm³/mol. The molecule has 0 bridgehead atoms. The number of hydrazine groups is 1. The first kappa shape index (κ1) is 20.4. The van der Waals surface area contributed by atoms with Crippen molar-refractivity contribution in [2.45, 2.75) is 58.7 Å². The van der Waals surface area contributed by atoms with Crippen LogP contribution in [0.15, 0.2) is 24.3 Å². The Hall–Kier alpha value is -1.87. The molecule has 1 aliphatic heterocycles. The molecule has 1 aromatic rings. The number of benzene rings is 1. The molecule has 2 unspecified atom stereocenters. The molecule has 0 saturated carbocycles. The molecule has 1 amide bonds. The lowest BCUT2D eigenvalue weighted by Gasteiger charge is -2.26. The molecule has 0 aliphatic carbocycles. The molecule has 2 rings (SSSR count). The van der Waals surface area contributed by atoms with E-state index in [0.29, 0.717) is 18.2 Å². The molecular weight excluding hydrogens is 326 g/mol. The molecule has 3 N–H and O–H groups in total. The Morgan fingerprint density at radius 1 is 1.27 bits per heavy atom. The topological polar surface area (TPSA) is 64.6 Å². The van der Waals surface area contributed by atoms with Gasteiger partial charge in [0.15, 0.2) is 0 Å². The standard InChI is InChI=1S/C21H31N3O2/c1-20(2,3)18-13-17(22-23-18)14-24(6)19(25)16-9-7-8-15(12-16)10-11-21(4,5)26/h7-9,12,17-18,22-23,26H,13-14H2,1-6H3. The van der Waals surface area contributed by atoms with Gasteiger partial charge in [-0.15, -0.1) is 0 Å². The van der Waals surface area contributed by atoms with Crippen LogP contribution in [0.2, 0.25) is 0 Å². The van der Waals surface area contributed by atoms with Crippen molar-refractivity contribution in [3.05, 3.63) is 35.4 Å². The number of likely N-dealkylation sites (N-methyl/N-ethyl adjacent to an activating group) is 1. The fourth-order valence-corrected chi connectivity index (χ4v) is 2.90. The monoisotopic (exact) mass is 357 g/mol. The van der Waals surface area contributed by atoms with E-state index in [1.807, 2.05) is 19.2 Å². The van der Waals surface area contributed by atoms with E-state index in [9.17, 15) is 9.90 Å².